The Morgan fingerprint density at radius 1 is 1.73 bits per heavy atom. The van der Waals surface area contributed by atoms with Gasteiger partial charge in [0.1, 0.15) is 0 Å². The third-order valence-corrected chi connectivity index (χ3v) is 3.89. The Labute approximate surface area is 97.3 Å². The van der Waals surface area contributed by atoms with Crippen molar-refractivity contribution in [2.24, 2.45) is 5.92 Å². The SMILES string of the molecule is O=C(O)C1CCN(Cc2cc(Cl)cs2)C1. The third-order valence-electron chi connectivity index (χ3n) is 2.62. The van der Waals surface area contributed by atoms with Crippen molar-refractivity contribution in [2.75, 3.05) is 13.1 Å². The molecule has 1 aromatic heterocycles. The van der Waals surface area contributed by atoms with Crippen molar-refractivity contribution < 1.29 is 9.90 Å². The molecule has 1 saturated heterocycles. The normalized spacial score (nSPS) is 22.1. The van der Waals surface area contributed by atoms with Crippen LogP contribution >= 0.6 is 22.9 Å². The molecule has 2 rings (SSSR count). The first-order valence-corrected chi connectivity index (χ1v) is 6.09. The lowest BCUT2D eigenvalue weighted by atomic mass is 10.1. The van der Waals surface area contributed by atoms with Crippen molar-refractivity contribution in [1.82, 2.24) is 4.90 Å². The first-order chi connectivity index (χ1) is 7.15. The van der Waals surface area contributed by atoms with Gasteiger partial charge in [0.2, 0.25) is 0 Å². The molecular formula is C10H12ClNO2S. The monoisotopic (exact) mass is 245 g/mol. The summed E-state index contributed by atoms with van der Waals surface area (Å²) in [6.45, 7) is 2.35. The molecule has 1 unspecified atom stereocenters. The average molecular weight is 246 g/mol. The van der Waals surface area contributed by atoms with E-state index in [-0.39, 0.29) is 5.92 Å². The largest absolute Gasteiger partial charge is 0.481 e. The van der Waals surface area contributed by atoms with Gasteiger partial charge in [-0.25, -0.2) is 0 Å². The topological polar surface area (TPSA) is 40.5 Å². The van der Waals surface area contributed by atoms with Crippen molar-refractivity contribution in [3.05, 3.63) is 21.3 Å². The van der Waals surface area contributed by atoms with Crippen LogP contribution in [0.1, 0.15) is 11.3 Å². The molecule has 0 aliphatic carbocycles. The Hall–Kier alpha value is -0.580. The van der Waals surface area contributed by atoms with Gasteiger partial charge in [-0.05, 0) is 19.0 Å². The molecule has 1 atom stereocenters. The second kappa shape index (κ2) is 4.51. The lowest BCUT2D eigenvalue weighted by Gasteiger charge is -2.13. The summed E-state index contributed by atoms with van der Waals surface area (Å²) < 4.78 is 0. The maximum atomic E-state index is 10.8. The van der Waals surface area contributed by atoms with E-state index in [0.717, 1.165) is 24.5 Å². The predicted octanol–water partition coefficient (Wildman–Crippen LogP) is 2.31. The quantitative estimate of drug-likeness (QED) is 0.889. The number of nitrogens with zero attached hydrogens (tertiary/aromatic N) is 1. The number of hydrogen-bond donors (Lipinski definition) is 1. The fourth-order valence-electron chi connectivity index (χ4n) is 1.83. The molecule has 3 nitrogen and oxygen atoms in total. The average Bonchev–Trinajstić information content (AvgIpc) is 2.76. The maximum Gasteiger partial charge on any atom is 0.307 e. The van der Waals surface area contributed by atoms with Gasteiger partial charge in [0.15, 0.2) is 0 Å². The van der Waals surface area contributed by atoms with Crippen LogP contribution in [-0.2, 0) is 11.3 Å². The summed E-state index contributed by atoms with van der Waals surface area (Å²) in [5.41, 5.74) is 0. The molecule has 1 fully saturated rings. The van der Waals surface area contributed by atoms with E-state index in [1.807, 2.05) is 11.4 Å². The van der Waals surface area contributed by atoms with E-state index in [9.17, 15) is 4.79 Å². The number of aliphatic carboxylic acids is 1. The van der Waals surface area contributed by atoms with Crippen molar-refractivity contribution in [3.63, 3.8) is 0 Å². The van der Waals surface area contributed by atoms with E-state index in [4.69, 9.17) is 16.7 Å². The number of likely N-dealkylation sites (tertiary alicyclic amines) is 1. The van der Waals surface area contributed by atoms with E-state index in [0.29, 0.717) is 6.54 Å². The summed E-state index contributed by atoms with van der Waals surface area (Å²) in [7, 11) is 0. The molecule has 1 aliphatic heterocycles. The van der Waals surface area contributed by atoms with E-state index in [2.05, 4.69) is 4.90 Å². The minimum atomic E-state index is -0.679. The van der Waals surface area contributed by atoms with Gasteiger partial charge >= 0.3 is 5.97 Å². The van der Waals surface area contributed by atoms with E-state index < -0.39 is 5.97 Å². The van der Waals surface area contributed by atoms with Gasteiger partial charge in [-0.1, -0.05) is 11.6 Å². The van der Waals surface area contributed by atoms with Crippen LogP contribution < -0.4 is 0 Å². The van der Waals surface area contributed by atoms with Gasteiger partial charge in [0, 0.05) is 23.3 Å². The van der Waals surface area contributed by atoms with Crippen LogP contribution in [0.4, 0.5) is 0 Å². The molecule has 5 heteroatoms. The van der Waals surface area contributed by atoms with Gasteiger partial charge in [-0.15, -0.1) is 11.3 Å². The van der Waals surface area contributed by atoms with Gasteiger partial charge in [-0.3, -0.25) is 9.69 Å². The van der Waals surface area contributed by atoms with Crippen LogP contribution in [0.5, 0.6) is 0 Å². The zero-order chi connectivity index (χ0) is 10.8. The highest BCUT2D eigenvalue weighted by atomic mass is 35.5. The van der Waals surface area contributed by atoms with Crippen molar-refractivity contribution >= 4 is 28.9 Å². The van der Waals surface area contributed by atoms with Crippen LogP contribution in [-0.4, -0.2) is 29.1 Å². The van der Waals surface area contributed by atoms with E-state index in [1.165, 1.54) is 4.88 Å². The van der Waals surface area contributed by atoms with Crippen LogP contribution in [0.3, 0.4) is 0 Å². The molecule has 82 valence electrons. The summed E-state index contributed by atoms with van der Waals surface area (Å²) in [5.74, 6) is -0.873. The number of carboxylic acid groups (broad SMARTS) is 1. The number of carboxylic acids is 1. The van der Waals surface area contributed by atoms with Gasteiger partial charge in [0.05, 0.1) is 10.9 Å². The minimum Gasteiger partial charge on any atom is -0.481 e. The molecule has 1 aromatic rings. The highest BCUT2D eigenvalue weighted by molar-refractivity contribution is 7.10. The second-order valence-corrected chi connectivity index (χ2v) is 5.22. The number of halogens is 1. The summed E-state index contributed by atoms with van der Waals surface area (Å²) >= 11 is 7.45. The summed E-state index contributed by atoms with van der Waals surface area (Å²) in [6, 6.07) is 1.94. The Morgan fingerprint density at radius 3 is 3.07 bits per heavy atom. The molecule has 0 amide bonds. The standard InChI is InChI=1S/C10H12ClNO2S/c11-8-3-9(15-6-8)5-12-2-1-7(4-12)10(13)14/h3,6-7H,1-2,4-5H2,(H,13,14). The predicted molar refractivity (Wildman–Crippen MR) is 60.3 cm³/mol. The smallest absolute Gasteiger partial charge is 0.307 e. The first-order valence-electron chi connectivity index (χ1n) is 4.83. The maximum absolute atomic E-state index is 10.8. The Kier molecular flexibility index (Phi) is 3.29. The lowest BCUT2D eigenvalue weighted by molar-refractivity contribution is -0.141. The number of thiophene rings is 1. The fraction of sp³-hybridized carbons (Fsp3) is 0.500. The molecule has 1 aliphatic rings. The van der Waals surface area contributed by atoms with Crippen LogP contribution in [0, 0.1) is 5.92 Å². The molecule has 0 radical (unpaired) electrons. The zero-order valence-corrected chi connectivity index (χ0v) is 9.72. The Bertz CT molecular complexity index is 366. The first kappa shape index (κ1) is 10.9. The number of hydrogen-bond acceptors (Lipinski definition) is 3. The van der Waals surface area contributed by atoms with Crippen molar-refractivity contribution in [2.45, 2.75) is 13.0 Å². The Balaban J connectivity index is 1.90. The second-order valence-electron chi connectivity index (χ2n) is 3.79. The molecule has 15 heavy (non-hydrogen) atoms. The number of rotatable bonds is 3. The summed E-state index contributed by atoms with van der Waals surface area (Å²) in [4.78, 5) is 14.1. The molecule has 2 heterocycles. The molecule has 0 spiro atoms. The molecule has 0 bridgehead atoms. The van der Waals surface area contributed by atoms with E-state index >= 15 is 0 Å². The van der Waals surface area contributed by atoms with Crippen LogP contribution in [0.2, 0.25) is 5.02 Å². The fourth-order valence-corrected chi connectivity index (χ4v) is 2.95. The summed E-state index contributed by atoms with van der Waals surface area (Å²) in [5, 5.41) is 11.5. The minimum absolute atomic E-state index is 0.194. The number of carbonyl (C=O) groups is 1. The molecule has 1 N–H and O–H groups in total. The van der Waals surface area contributed by atoms with Crippen molar-refractivity contribution in [1.29, 1.82) is 0 Å². The lowest BCUT2D eigenvalue weighted by Crippen LogP contribution is -2.22. The highest BCUT2D eigenvalue weighted by Gasteiger charge is 2.27. The zero-order valence-electron chi connectivity index (χ0n) is 8.15. The van der Waals surface area contributed by atoms with E-state index in [1.54, 1.807) is 11.3 Å². The summed E-state index contributed by atoms with van der Waals surface area (Å²) in [6.07, 6.45) is 0.758. The van der Waals surface area contributed by atoms with Crippen LogP contribution in [0.15, 0.2) is 11.4 Å². The molecular weight excluding hydrogens is 234 g/mol. The highest BCUT2D eigenvalue weighted by Crippen LogP contribution is 2.24. The third kappa shape index (κ3) is 2.71. The van der Waals surface area contributed by atoms with Gasteiger partial charge in [-0.2, -0.15) is 0 Å². The van der Waals surface area contributed by atoms with Crippen molar-refractivity contribution in [3.8, 4) is 0 Å². The molecule has 0 aromatic carbocycles. The van der Waals surface area contributed by atoms with Crippen LogP contribution in [0.25, 0.3) is 0 Å². The Morgan fingerprint density at radius 2 is 2.53 bits per heavy atom. The van der Waals surface area contributed by atoms with Gasteiger partial charge in [0.25, 0.3) is 0 Å². The molecule has 0 saturated carbocycles. The van der Waals surface area contributed by atoms with Gasteiger partial charge < -0.3 is 5.11 Å².